The van der Waals surface area contributed by atoms with Crippen molar-refractivity contribution in [2.75, 3.05) is 32.4 Å². The Hall–Kier alpha value is -1.49. The summed E-state index contributed by atoms with van der Waals surface area (Å²) < 4.78 is 34.4. The molecule has 3 aromatic rings. The van der Waals surface area contributed by atoms with Crippen LogP contribution in [0.4, 0.5) is 0 Å². The highest BCUT2D eigenvalue weighted by Crippen LogP contribution is 2.30. The van der Waals surface area contributed by atoms with Gasteiger partial charge < -0.3 is 14.1 Å². The molecule has 0 spiro atoms. The van der Waals surface area contributed by atoms with E-state index in [0.29, 0.717) is 0 Å². The number of para-hydroxylation sites is 1. The van der Waals surface area contributed by atoms with Gasteiger partial charge in [0.1, 0.15) is 22.8 Å². The normalized spacial score (nSPS) is 12.9. The van der Waals surface area contributed by atoms with Crippen molar-refractivity contribution < 1.29 is 22.6 Å². The number of thiazole rings is 1. The van der Waals surface area contributed by atoms with Gasteiger partial charge in [0.05, 0.1) is 35.2 Å². The van der Waals surface area contributed by atoms with Gasteiger partial charge in [0.15, 0.2) is 4.34 Å². The molecule has 0 saturated carbocycles. The summed E-state index contributed by atoms with van der Waals surface area (Å²) in [5.74, 6) is 0.728. The van der Waals surface area contributed by atoms with Crippen LogP contribution in [0.1, 0.15) is 45.1 Å². The highest BCUT2D eigenvalue weighted by molar-refractivity contribution is 8.01. The number of aryl methyl sites for hydroxylation is 1. The zero-order chi connectivity index (χ0) is 25.9. The monoisotopic (exact) mass is 538 g/mol. The summed E-state index contributed by atoms with van der Waals surface area (Å²) in [7, 11) is -1.97. The summed E-state index contributed by atoms with van der Waals surface area (Å²) in [4.78, 5) is 4.47. The van der Waals surface area contributed by atoms with Gasteiger partial charge in [0.2, 0.25) is 0 Å². The van der Waals surface area contributed by atoms with Crippen molar-refractivity contribution in [3.8, 4) is 0 Å². The Morgan fingerprint density at radius 2 is 1.66 bits per heavy atom. The summed E-state index contributed by atoms with van der Waals surface area (Å²) in [5.41, 5.74) is 1.99. The average Bonchev–Trinajstić information content (AvgIpc) is 3.23. The van der Waals surface area contributed by atoms with Crippen molar-refractivity contribution >= 4 is 43.4 Å². The van der Waals surface area contributed by atoms with Gasteiger partial charge in [-0.25, -0.2) is 13.4 Å². The maximum absolute atomic E-state index is 10.6. The fourth-order valence-electron chi connectivity index (χ4n) is 3.72. The fourth-order valence-corrected chi connectivity index (χ4v) is 6.20. The highest BCUT2D eigenvalue weighted by Gasteiger charge is 2.25. The first kappa shape index (κ1) is 29.7. The molecular formula is C26H38N2O4S3. The summed E-state index contributed by atoms with van der Waals surface area (Å²) >= 11 is 3.41. The topological polar surface area (TPSA) is 90.3 Å². The second kappa shape index (κ2) is 14.3. The van der Waals surface area contributed by atoms with Crippen LogP contribution in [-0.4, -0.2) is 66.1 Å². The molecule has 1 unspecified atom stereocenters. The van der Waals surface area contributed by atoms with Gasteiger partial charge in [-0.05, 0) is 44.0 Å². The van der Waals surface area contributed by atoms with Crippen LogP contribution in [0.2, 0.25) is 0 Å². The van der Waals surface area contributed by atoms with Crippen LogP contribution in [0.5, 0.6) is 0 Å². The van der Waals surface area contributed by atoms with E-state index in [1.807, 2.05) is 19.1 Å². The van der Waals surface area contributed by atoms with E-state index in [0.717, 1.165) is 32.2 Å². The lowest BCUT2D eigenvalue weighted by atomic mass is 10.2. The van der Waals surface area contributed by atoms with E-state index in [1.165, 1.54) is 55.6 Å². The first-order valence-electron chi connectivity index (χ1n) is 12.1. The van der Waals surface area contributed by atoms with Crippen molar-refractivity contribution in [2.24, 2.45) is 0 Å². The van der Waals surface area contributed by atoms with Crippen LogP contribution >= 0.6 is 23.1 Å². The number of aliphatic hydroxyl groups is 1. The minimum absolute atomic E-state index is 0.178. The third-order valence-electron chi connectivity index (χ3n) is 5.74. The second-order valence-corrected chi connectivity index (χ2v) is 12.8. The third-order valence-corrected chi connectivity index (χ3v) is 8.91. The van der Waals surface area contributed by atoms with Crippen LogP contribution in [0, 0.1) is 6.92 Å². The number of thioether (sulfide) groups is 1. The first-order chi connectivity index (χ1) is 16.6. The Morgan fingerprint density at radius 3 is 2.20 bits per heavy atom. The summed E-state index contributed by atoms with van der Waals surface area (Å²) in [6, 6.07) is 14.0. The number of likely N-dealkylation sites (N-methyl/N-ethyl adjacent to an activating group) is 1. The number of benzene rings is 2. The molecule has 6 nitrogen and oxygen atoms in total. The van der Waals surface area contributed by atoms with Gasteiger partial charge in [0.25, 0.3) is 0 Å². The summed E-state index contributed by atoms with van der Waals surface area (Å²) in [5, 5.41) is 10.6. The number of aliphatic hydroxyl groups excluding tert-OH is 1. The summed E-state index contributed by atoms with van der Waals surface area (Å²) in [6.45, 7) is 9.48. The van der Waals surface area contributed by atoms with Crippen molar-refractivity contribution in [3.63, 3.8) is 0 Å². The predicted molar refractivity (Wildman–Crippen MR) is 146 cm³/mol. The van der Waals surface area contributed by atoms with Crippen molar-refractivity contribution in [2.45, 2.75) is 61.8 Å². The number of hydrogen-bond acceptors (Lipinski definition) is 7. The molecule has 2 aromatic carbocycles. The minimum Gasteiger partial charge on any atom is -0.744 e. The van der Waals surface area contributed by atoms with Gasteiger partial charge in [0, 0.05) is 5.75 Å². The van der Waals surface area contributed by atoms with Crippen molar-refractivity contribution in [1.82, 2.24) is 4.98 Å². The number of rotatable bonds is 12. The molecule has 0 bridgehead atoms. The molecule has 35 heavy (non-hydrogen) atoms. The quantitative estimate of drug-likeness (QED) is 0.181. The Morgan fingerprint density at radius 1 is 1.06 bits per heavy atom. The lowest BCUT2D eigenvalue weighted by Gasteiger charge is -2.36. The van der Waals surface area contributed by atoms with Crippen LogP contribution in [0.25, 0.3) is 10.2 Å². The molecule has 0 fully saturated rings. The number of unbranched alkanes of at least 4 members (excludes halogenated alkanes) is 2. The van der Waals surface area contributed by atoms with Gasteiger partial charge in [-0.1, -0.05) is 68.3 Å². The SMILES string of the molecule is CCCC[N+](C)(CCCC)CC(O)CSc1nc2ccccc2s1.Cc1ccc(S(=O)(=O)[O-])cc1. The van der Waals surface area contributed by atoms with Crippen LogP contribution < -0.4 is 0 Å². The molecule has 0 saturated heterocycles. The van der Waals surface area contributed by atoms with E-state index in [1.54, 1.807) is 35.2 Å². The fraction of sp³-hybridized carbons (Fsp3) is 0.500. The van der Waals surface area contributed by atoms with Crippen molar-refractivity contribution in [1.29, 1.82) is 0 Å². The molecule has 1 atom stereocenters. The molecule has 3 rings (SSSR count). The Labute approximate surface area is 218 Å². The largest absolute Gasteiger partial charge is 0.744 e. The molecule has 9 heteroatoms. The number of fused-ring (bicyclic) bond motifs is 1. The second-order valence-electron chi connectivity index (χ2n) is 9.14. The van der Waals surface area contributed by atoms with E-state index >= 15 is 0 Å². The van der Waals surface area contributed by atoms with E-state index in [4.69, 9.17) is 0 Å². The van der Waals surface area contributed by atoms with Crippen LogP contribution in [0.15, 0.2) is 57.8 Å². The maximum Gasteiger partial charge on any atom is 0.151 e. The van der Waals surface area contributed by atoms with Crippen LogP contribution in [0.3, 0.4) is 0 Å². The van der Waals surface area contributed by atoms with Crippen molar-refractivity contribution in [3.05, 3.63) is 54.1 Å². The molecular weight excluding hydrogens is 500 g/mol. The number of aromatic nitrogens is 1. The molecule has 1 aromatic heterocycles. The standard InChI is InChI=1S/C19H31N2OS2.C7H8O3S/c1-4-6-12-21(3,13-7-5-2)14-16(22)15-23-19-20-17-10-8-9-11-18(17)24-19;1-6-2-4-7(5-3-6)11(8,9)10/h8-11,16,22H,4-7,12-15H2,1-3H3;2-5H,1H3,(H,8,9,10)/q+1;/p-1. The molecule has 0 amide bonds. The predicted octanol–water partition coefficient (Wildman–Crippen LogP) is 5.70. The van der Waals surface area contributed by atoms with Gasteiger partial charge in [-0.2, -0.15) is 0 Å². The molecule has 194 valence electrons. The molecule has 1 N–H and O–H groups in total. The van der Waals surface area contributed by atoms with Crippen LogP contribution in [-0.2, 0) is 10.1 Å². The number of nitrogens with zero attached hydrogens (tertiary/aromatic N) is 2. The Bertz CT molecular complexity index is 1090. The van der Waals surface area contributed by atoms with Gasteiger partial charge in [-0.15, -0.1) is 11.3 Å². The van der Waals surface area contributed by atoms with E-state index in [2.05, 4.69) is 38.0 Å². The third kappa shape index (κ3) is 10.6. The summed E-state index contributed by atoms with van der Waals surface area (Å²) in [6.07, 6.45) is 4.63. The van der Waals surface area contributed by atoms with Gasteiger partial charge in [-0.3, -0.25) is 0 Å². The van der Waals surface area contributed by atoms with E-state index in [-0.39, 0.29) is 11.0 Å². The average molecular weight is 539 g/mol. The number of quaternary nitrogens is 1. The molecule has 1 heterocycles. The molecule has 0 radical (unpaired) electrons. The minimum atomic E-state index is -4.27. The molecule has 0 aliphatic heterocycles. The molecule has 0 aliphatic carbocycles. The van der Waals surface area contributed by atoms with E-state index < -0.39 is 10.1 Å². The molecule has 0 aliphatic rings. The Kier molecular flexibility index (Phi) is 12.2. The zero-order valence-corrected chi connectivity index (χ0v) is 23.6. The lowest BCUT2D eigenvalue weighted by molar-refractivity contribution is -0.912. The lowest BCUT2D eigenvalue weighted by Crippen LogP contribution is -2.50. The maximum atomic E-state index is 10.6. The zero-order valence-electron chi connectivity index (χ0n) is 21.1. The number of hydrogen-bond donors (Lipinski definition) is 1. The first-order valence-corrected chi connectivity index (χ1v) is 15.3. The highest BCUT2D eigenvalue weighted by atomic mass is 32.2. The van der Waals surface area contributed by atoms with E-state index in [9.17, 15) is 18.1 Å². The van der Waals surface area contributed by atoms with Gasteiger partial charge >= 0.3 is 0 Å². The smallest absolute Gasteiger partial charge is 0.151 e. The Balaban J connectivity index is 0.000000328.